The summed E-state index contributed by atoms with van der Waals surface area (Å²) in [6, 6.07) is 8.84. The molecule has 0 heterocycles. The van der Waals surface area contributed by atoms with Crippen LogP contribution >= 0.6 is 0 Å². The van der Waals surface area contributed by atoms with Crippen LogP contribution in [0.15, 0.2) is 30.3 Å². The standard InChI is InChI=1S/C14H18O3/c1-3-12(2)9-17-14(10-15,11-16)13-7-5-4-6-8-13/h4-8,10-12H,3,9H2,1-2H3. The van der Waals surface area contributed by atoms with Gasteiger partial charge in [-0.1, -0.05) is 50.6 Å². The zero-order chi connectivity index (χ0) is 12.7. The van der Waals surface area contributed by atoms with Crippen molar-refractivity contribution in [1.29, 1.82) is 0 Å². The van der Waals surface area contributed by atoms with E-state index in [1.807, 2.05) is 19.9 Å². The van der Waals surface area contributed by atoms with Crippen LogP contribution < -0.4 is 0 Å². The normalized spacial score (nSPS) is 13.1. The van der Waals surface area contributed by atoms with Crippen LogP contribution in [0.5, 0.6) is 0 Å². The van der Waals surface area contributed by atoms with Gasteiger partial charge in [0, 0.05) is 0 Å². The highest BCUT2D eigenvalue weighted by Crippen LogP contribution is 2.22. The van der Waals surface area contributed by atoms with Crippen molar-refractivity contribution in [2.24, 2.45) is 5.92 Å². The van der Waals surface area contributed by atoms with Crippen LogP contribution in [0.2, 0.25) is 0 Å². The summed E-state index contributed by atoms with van der Waals surface area (Å²) in [5.74, 6) is 0.318. The topological polar surface area (TPSA) is 43.4 Å². The first-order chi connectivity index (χ1) is 8.18. The molecule has 92 valence electrons. The maximum atomic E-state index is 11.2. The summed E-state index contributed by atoms with van der Waals surface area (Å²) in [5.41, 5.74) is -0.877. The van der Waals surface area contributed by atoms with Gasteiger partial charge in [0.05, 0.1) is 6.61 Å². The van der Waals surface area contributed by atoms with Gasteiger partial charge in [-0.2, -0.15) is 0 Å². The first-order valence-corrected chi connectivity index (χ1v) is 5.80. The van der Waals surface area contributed by atoms with Crippen LogP contribution in [0.3, 0.4) is 0 Å². The van der Waals surface area contributed by atoms with E-state index in [2.05, 4.69) is 0 Å². The molecular formula is C14H18O3. The molecule has 0 spiro atoms. The van der Waals surface area contributed by atoms with Crippen molar-refractivity contribution < 1.29 is 14.3 Å². The van der Waals surface area contributed by atoms with Crippen molar-refractivity contribution in [2.45, 2.75) is 25.9 Å². The van der Waals surface area contributed by atoms with Crippen LogP contribution in [0.1, 0.15) is 25.8 Å². The molecule has 1 unspecified atom stereocenters. The summed E-state index contributed by atoms with van der Waals surface area (Å²) in [6.07, 6.45) is 2.08. The molecule has 17 heavy (non-hydrogen) atoms. The number of benzene rings is 1. The van der Waals surface area contributed by atoms with E-state index < -0.39 is 5.60 Å². The van der Waals surface area contributed by atoms with Gasteiger partial charge >= 0.3 is 0 Å². The maximum Gasteiger partial charge on any atom is 0.203 e. The van der Waals surface area contributed by atoms with Crippen molar-refractivity contribution in [2.75, 3.05) is 6.61 Å². The Morgan fingerprint density at radius 2 is 1.82 bits per heavy atom. The molecule has 0 N–H and O–H groups in total. The molecule has 0 radical (unpaired) electrons. The van der Waals surface area contributed by atoms with Crippen molar-refractivity contribution in [3.63, 3.8) is 0 Å². The molecular weight excluding hydrogens is 216 g/mol. The average Bonchev–Trinajstić information content (AvgIpc) is 2.41. The van der Waals surface area contributed by atoms with Gasteiger partial charge in [-0.15, -0.1) is 0 Å². The Morgan fingerprint density at radius 1 is 1.24 bits per heavy atom. The third-order valence-electron chi connectivity index (χ3n) is 2.88. The minimum atomic E-state index is -1.45. The lowest BCUT2D eigenvalue weighted by Crippen LogP contribution is -2.35. The second-order valence-corrected chi connectivity index (χ2v) is 4.22. The van der Waals surface area contributed by atoms with Crippen molar-refractivity contribution in [3.05, 3.63) is 35.9 Å². The molecule has 0 saturated carbocycles. The van der Waals surface area contributed by atoms with Gasteiger partial charge in [-0.25, -0.2) is 0 Å². The number of hydrogen-bond donors (Lipinski definition) is 0. The van der Waals surface area contributed by atoms with Gasteiger partial charge in [-0.05, 0) is 11.5 Å². The Bertz CT molecular complexity index is 351. The van der Waals surface area contributed by atoms with Gasteiger partial charge < -0.3 is 4.74 Å². The van der Waals surface area contributed by atoms with Gasteiger partial charge in [0.1, 0.15) is 0 Å². The van der Waals surface area contributed by atoms with Crippen LogP contribution in [0.25, 0.3) is 0 Å². The van der Waals surface area contributed by atoms with E-state index in [0.717, 1.165) is 6.42 Å². The summed E-state index contributed by atoms with van der Waals surface area (Å²) in [5, 5.41) is 0. The zero-order valence-electron chi connectivity index (χ0n) is 10.3. The largest absolute Gasteiger partial charge is 0.355 e. The predicted molar refractivity (Wildman–Crippen MR) is 65.7 cm³/mol. The lowest BCUT2D eigenvalue weighted by Gasteiger charge is -2.24. The van der Waals surface area contributed by atoms with E-state index in [4.69, 9.17) is 4.74 Å². The van der Waals surface area contributed by atoms with E-state index in [1.165, 1.54) is 0 Å². The van der Waals surface area contributed by atoms with Crippen LogP contribution in [-0.2, 0) is 19.9 Å². The van der Waals surface area contributed by atoms with Crippen LogP contribution in [-0.4, -0.2) is 19.2 Å². The monoisotopic (exact) mass is 234 g/mol. The average molecular weight is 234 g/mol. The molecule has 0 aliphatic heterocycles. The molecule has 0 saturated heterocycles. The lowest BCUT2D eigenvalue weighted by molar-refractivity contribution is -0.145. The molecule has 0 aromatic heterocycles. The molecule has 1 rings (SSSR count). The molecule has 0 amide bonds. The summed E-state index contributed by atoms with van der Waals surface area (Å²) < 4.78 is 5.53. The number of aldehydes is 2. The van der Waals surface area contributed by atoms with Crippen LogP contribution in [0.4, 0.5) is 0 Å². The summed E-state index contributed by atoms with van der Waals surface area (Å²) >= 11 is 0. The molecule has 0 bridgehead atoms. The highest BCUT2D eigenvalue weighted by molar-refractivity contribution is 5.89. The van der Waals surface area contributed by atoms with E-state index in [0.29, 0.717) is 30.7 Å². The predicted octanol–water partition coefficient (Wildman–Crippen LogP) is 2.34. The Balaban J connectivity index is 2.90. The van der Waals surface area contributed by atoms with Crippen LogP contribution in [0, 0.1) is 5.92 Å². The fourth-order valence-corrected chi connectivity index (χ4v) is 1.41. The minimum absolute atomic E-state index is 0.318. The second-order valence-electron chi connectivity index (χ2n) is 4.22. The minimum Gasteiger partial charge on any atom is -0.355 e. The smallest absolute Gasteiger partial charge is 0.203 e. The van der Waals surface area contributed by atoms with Crippen molar-refractivity contribution in [3.8, 4) is 0 Å². The number of ether oxygens (including phenoxy) is 1. The Hall–Kier alpha value is -1.48. The van der Waals surface area contributed by atoms with E-state index in [9.17, 15) is 9.59 Å². The zero-order valence-corrected chi connectivity index (χ0v) is 10.3. The van der Waals surface area contributed by atoms with E-state index in [-0.39, 0.29) is 0 Å². The SMILES string of the molecule is CCC(C)COC(C=O)(C=O)c1ccccc1. The molecule has 0 aliphatic carbocycles. The summed E-state index contributed by atoms with van der Waals surface area (Å²) in [7, 11) is 0. The second kappa shape index (κ2) is 6.30. The number of carbonyl (C=O) groups excluding carboxylic acids is 2. The van der Waals surface area contributed by atoms with Gasteiger partial charge in [-0.3, -0.25) is 9.59 Å². The van der Waals surface area contributed by atoms with Gasteiger partial charge in [0.25, 0.3) is 0 Å². The molecule has 0 fully saturated rings. The lowest BCUT2D eigenvalue weighted by atomic mass is 9.96. The molecule has 0 aliphatic rings. The summed E-state index contributed by atoms with van der Waals surface area (Å²) in [4.78, 5) is 22.4. The summed E-state index contributed by atoms with van der Waals surface area (Å²) in [6.45, 7) is 4.45. The molecule has 1 aromatic carbocycles. The number of carbonyl (C=O) groups is 2. The fourth-order valence-electron chi connectivity index (χ4n) is 1.41. The Morgan fingerprint density at radius 3 is 2.29 bits per heavy atom. The van der Waals surface area contributed by atoms with E-state index >= 15 is 0 Å². The number of hydrogen-bond acceptors (Lipinski definition) is 3. The van der Waals surface area contributed by atoms with Crippen molar-refractivity contribution >= 4 is 12.6 Å². The third kappa shape index (κ3) is 3.24. The molecule has 3 nitrogen and oxygen atoms in total. The molecule has 3 heteroatoms. The maximum absolute atomic E-state index is 11.2. The quantitative estimate of drug-likeness (QED) is 0.537. The van der Waals surface area contributed by atoms with Crippen molar-refractivity contribution in [1.82, 2.24) is 0 Å². The first-order valence-electron chi connectivity index (χ1n) is 5.80. The highest BCUT2D eigenvalue weighted by Gasteiger charge is 2.32. The molecule has 1 aromatic rings. The third-order valence-corrected chi connectivity index (χ3v) is 2.88. The molecule has 1 atom stereocenters. The van der Waals surface area contributed by atoms with Gasteiger partial charge in [0.15, 0.2) is 12.6 Å². The number of rotatable bonds is 7. The highest BCUT2D eigenvalue weighted by atomic mass is 16.5. The van der Waals surface area contributed by atoms with Gasteiger partial charge in [0.2, 0.25) is 5.60 Å². The first kappa shape index (κ1) is 13.6. The Labute approximate surface area is 102 Å². The van der Waals surface area contributed by atoms with E-state index in [1.54, 1.807) is 24.3 Å². The Kier molecular flexibility index (Phi) is 5.04. The fraction of sp³-hybridized carbons (Fsp3) is 0.429.